The van der Waals surface area contributed by atoms with Crippen molar-refractivity contribution < 1.29 is 28.5 Å². The summed E-state index contributed by atoms with van der Waals surface area (Å²) in [6, 6.07) is 20.9. The molecule has 1 aliphatic rings. The molecule has 0 saturated carbocycles. The van der Waals surface area contributed by atoms with E-state index in [1.165, 1.54) is 12.1 Å². The van der Waals surface area contributed by atoms with Gasteiger partial charge in [-0.1, -0.05) is 30.3 Å². The second-order valence-corrected chi connectivity index (χ2v) is 9.19. The number of halogens is 1. The summed E-state index contributed by atoms with van der Waals surface area (Å²) in [6.45, 7) is 4.66. The maximum atomic E-state index is 13.8. The van der Waals surface area contributed by atoms with Gasteiger partial charge in [-0.3, -0.25) is 4.79 Å². The molecule has 8 heteroatoms. The van der Waals surface area contributed by atoms with Crippen LogP contribution in [0.1, 0.15) is 35.6 Å². The van der Waals surface area contributed by atoms with Gasteiger partial charge >= 0.3 is 0 Å². The molecular weight excluding hydrogens is 499 g/mol. The summed E-state index contributed by atoms with van der Waals surface area (Å²) in [5.41, 5.74) is 0.891. The van der Waals surface area contributed by atoms with Gasteiger partial charge in [-0.2, -0.15) is 0 Å². The number of aliphatic hydroxyl groups excluding tert-OH is 1. The van der Waals surface area contributed by atoms with Crippen LogP contribution in [0.3, 0.4) is 0 Å². The number of aliphatic hydroxyl groups is 1. The van der Waals surface area contributed by atoms with Crippen LogP contribution in [0.15, 0.2) is 90.4 Å². The van der Waals surface area contributed by atoms with E-state index in [4.69, 9.17) is 24.3 Å². The SMILES string of the molecule is C=CC[C@@]1(C(=O)NCCc2cccc(F)c2)N=C(c2ccc(OCCCO)cc2)O[C@@H]1c1cccc(OC)c1. The third-order valence-electron chi connectivity index (χ3n) is 6.47. The molecule has 39 heavy (non-hydrogen) atoms. The minimum absolute atomic E-state index is 0.0596. The predicted molar refractivity (Wildman–Crippen MR) is 148 cm³/mol. The molecule has 0 spiro atoms. The number of ether oxygens (including phenoxy) is 3. The number of benzene rings is 3. The van der Waals surface area contributed by atoms with Gasteiger partial charge < -0.3 is 24.6 Å². The number of carbonyl (C=O) groups excluding carboxylic acids is 1. The van der Waals surface area contributed by atoms with E-state index in [1.807, 2.05) is 42.5 Å². The van der Waals surface area contributed by atoms with Crippen molar-refractivity contribution in [1.82, 2.24) is 5.32 Å². The van der Waals surface area contributed by atoms with E-state index in [9.17, 15) is 9.18 Å². The third kappa shape index (κ3) is 6.64. The largest absolute Gasteiger partial charge is 0.497 e. The van der Waals surface area contributed by atoms with Crippen molar-refractivity contribution in [3.8, 4) is 11.5 Å². The number of carbonyl (C=O) groups is 1. The van der Waals surface area contributed by atoms with E-state index in [2.05, 4.69) is 11.9 Å². The Balaban J connectivity index is 1.63. The van der Waals surface area contributed by atoms with Crippen LogP contribution < -0.4 is 14.8 Å². The molecule has 204 valence electrons. The molecule has 0 aliphatic carbocycles. The Labute approximate surface area is 228 Å². The van der Waals surface area contributed by atoms with E-state index in [-0.39, 0.29) is 24.8 Å². The Morgan fingerprint density at radius 3 is 2.67 bits per heavy atom. The molecule has 4 rings (SSSR count). The van der Waals surface area contributed by atoms with Crippen molar-refractivity contribution in [1.29, 1.82) is 0 Å². The van der Waals surface area contributed by atoms with Crippen LogP contribution in [0, 0.1) is 5.82 Å². The highest BCUT2D eigenvalue weighted by molar-refractivity contribution is 6.01. The van der Waals surface area contributed by atoms with Gasteiger partial charge in [0.2, 0.25) is 5.90 Å². The summed E-state index contributed by atoms with van der Waals surface area (Å²) in [6.07, 6.45) is 2.15. The first-order chi connectivity index (χ1) is 19.0. The lowest BCUT2D eigenvalue weighted by Crippen LogP contribution is -2.48. The van der Waals surface area contributed by atoms with E-state index >= 15 is 0 Å². The summed E-state index contributed by atoms with van der Waals surface area (Å²) in [5, 5.41) is 12.0. The quantitative estimate of drug-likeness (QED) is 0.244. The van der Waals surface area contributed by atoms with Crippen molar-refractivity contribution in [2.45, 2.75) is 30.9 Å². The van der Waals surface area contributed by atoms with Crippen LogP contribution in [-0.2, 0) is 16.0 Å². The monoisotopic (exact) mass is 532 g/mol. The summed E-state index contributed by atoms with van der Waals surface area (Å²) in [5.74, 6) is 0.983. The highest BCUT2D eigenvalue weighted by Crippen LogP contribution is 2.43. The maximum absolute atomic E-state index is 13.8. The highest BCUT2D eigenvalue weighted by atomic mass is 19.1. The van der Waals surface area contributed by atoms with Gasteiger partial charge in [-0.05, 0) is 66.1 Å². The van der Waals surface area contributed by atoms with Gasteiger partial charge in [0.25, 0.3) is 5.91 Å². The molecule has 7 nitrogen and oxygen atoms in total. The van der Waals surface area contributed by atoms with Crippen molar-refractivity contribution >= 4 is 11.8 Å². The second-order valence-electron chi connectivity index (χ2n) is 9.19. The summed E-state index contributed by atoms with van der Waals surface area (Å²) in [7, 11) is 1.58. The van der Waals surface area contributed by atoms with Gasteiger partial charge in [-0.15, -0.1) is 6.58 Å². The number of methoxy groups -OCH3 is 1. The summed E-state index contributed by atoms with van der Waals surface area (Å²) in [4.78, 5) is 18.7. The zero-order valence-electron chi connectivity index (χ0n) is 21.9. The zero-order chi connectivity index (χ0) is 27.7. The van der Waals surface area contributed by atoms with E-state index in [1.54, 1.807) is 31.4 Å². The average molecular weight is 533 g/mol. The molecule has 0 saturated heterocycles. The lowest BCUT2D eigenvalue weighted by atomic mass is 9.84. The molecule has 3 aromatic carbocycles. The molecule has 1 heterocycles. The number of aliphatic imine (C=N–C) groups is 1. The van der Waals surface area contributed by atoms with E-state index in [0.29, 0.717) is 49.0 Å². The molecule has 0 aromatic heterocycles. The lowest BCUT2D eigenvalue weighted by Gasteiger charge is -2.30. The Morgan fingerprint density at radius 1 is 1.15 bits per heavy atom. The van der Waals surface area contributed by atoms with Gasteiger partial charge in [0.1, 0.15) is 17.3 Å². The standard InChI is InChI=1S/C31H33FN2O5/c1-3-16-31(30(36)33-17-15-22-7-4-9-25(32)20-22)28(24-8-5-10-27(21-24)37-2)39-29(34-31)23-11-13-26(14-12-23)38-19-6-18-35/h3-5,7-14,20-21,28,35H,1,6,15-19H2,2H3,(H,33,36)/t28-,31-/m1/s1. The molecule has 2 N–H and O–H groups in total. The highest BCUT2D eigenvalue weighted by Gasteiger charge is 2.52. The number of amides is 1. The number of hydrogen-bond donors (Lipinski definition) is 2. The molecule has 0 fully saturated rings. The Kier molecular flexibility index (Phi) is 9.33. The molecule has 2 atom stereocenters. The number of hydrogen-bond acceptors (Lipinski definition) is 6. The van der Waals surface area contributed by atoms with Crippen molar-refractivity contribution in [2.75, 3.05) is 26.9 Å². The van der Waals surface area contributed by atoms with Crippen LogP contribution in [0.2, 0.25) is 0 Å². The van der Waals surface area contributed by atoms with Crippen LogP contribution in [0.4, 0.5) is 4.39 Å². The topological polar surface area (TPSA) is 89.4 Å². The van der Waals surface area contributed by atoms with Gasteiger partial charge in [0, 0.05) is 31.6 Å². The third-order valence-corrected chi connectivity index (χ3v) is 6.47. The zero-order valence-corrected chi connectivity index (χ0v) is 21.9. The molecule has 0 unspecified atom stereocenters. The molecule has 3 aromatic rings. The lowest BCUT2D eigenvalue weighted by molar-refractivity contribution is -0.128. The van der Waals surface area contributed by atoms with Crippen molar-refractivity contribution in [2.24, 2.45) is 4.99 Å². The fraction of sp³-hybridized carbons (Fsp3) is 0.290. The normalized spacial score (nSPS) is 18.1. The van der Waals surface area contributed by atoms with E-state index < -0.39 is 11.6 Å². The Bertz CT molecular complexity index is 1310. The van der Waals surface area contributed by atoms with Crippen LogP contribution in [0.5, 0.6) is 11.5 Å². The average Bonchev–Trinajstić information content (AvgIpc) is 3.34. The smallest absolute Gasteiger partial charge is 0.252 e. The first-order valence-electron chi connectivity index (χ1n) is 12.9. The molecule has 0 radical (unpaired) electrons. The Morgan fingerprint density at radius 2 is 1.95 bits per heavy atom. The number of nitrogens with zero attached hydrogens (tertiary/aromatic N) is 1. The van der Waals surface area contributed by atoms with Crippen molar-refractivity contribution in [3.05, 3.63) is 108 Å². The van der Waals surface area contributed by atoms with Crippen LogP contribution in [-0.4, -0.2) is 49.3 Å². The van der Waals surface area contributed by atoms with Gasteiger partial charge in [-0.25, -0.2) is 9.38 Å². The summed E-state index contributed by atoms with van der Waals surface area (Å²) >= 11 is 0. The minimum Gasteiger partial charge on any atom is -0.497 e. The molecule has 0 bridgehead atoms. The number of nitrogens with one attached hydrogen (secondary N) is 1. The van der Waals surface area contributed by atoms with Gasteiger partial charge in [0.05, 0.1) is 13.7 Å². The van der Waals surface area contributed by atoms with E-state index in [0.717, 1.165) is 11.1 Å². The first-order valence-corrected chi connectivity index (χ1v) is 12.9. The van der Waals surface area contributed by atoms with Crippen LogP contribution in [0.25, 0.3) is 0 Å². The number of rotatable bonds is 13. The van der Waals surface area contributed by atoms with Crippen molar-refractivity contribution in [3.63, 3.8) is 0 Å². The molecule has 1 amide bonds. The first kappa shape index (κ1) is 27.9. The fourth-order valence-electron chi connectivity index (χ4n) is 4.51. The fourth-order valence-corrected chi connectivity index (χ4v) is 4.51. The Hall–Kier alpha value is -4.17. The summed E-state index contributed by atoms with van der Waals surface area (Å²) < 4.78 is 31.1. The molecule has 1 aliphatic heterocycles. The van der Waals surface area contributed by atoms with Crippen LogP contribution >= 0.6 is 0 Å². The second kappa shape index (κ2) is 13.1. The van der Waals surface area contributed by atoms with Gasteiger partial charge in [0.15, 0.2) is 11.6 Å². The molecular formula is C31H33FN2O5. The minimum atomic E-state index is -1.32. The maximum Gasteiger partial charge on any atom is 0.252 e. The predicted octanol–water partition coefficient (Wildman–Crippen LogP) is 4.79.